The highest BCUT2D eigenvalue weighted by Crippen LogP contribution is 2.23. The molecule has 1 aliphatic rings. The summed E-state index contributed by atoms with van der Waals surface area (Å²) in [6.07, 6.45) is 3.41. The van der Waals surface area contributed by atoms with Gasteiger partial charge in [-0.15, -0.1) is 10.2 Å². The maximum absolute atomic E-state index is 5.83. The molecule has 0 spiro atoms. The van der Waals surface area contributed by atoms with Crippen LogP contribution in [-0.4, -0.2) is 22.3 Å². The van der Waals surface area contributed by atoms with Gasteiger partial charge in [0.15, 0.2) is 0 Å². The van der Waals surface area contributed by atoms with Gasteiger partial charge in [-0.25, -0.2) is 0 Å². The highest BCUT2D eigenvalue weighted by atomic mass is 32.1. The van der Waals surface area contributed by atoms with Crippen molar-refractivity contribution in [3.05, 3.63) is 5.51 Å². The third kappa shape index (κ3) is 1.56. The van der Waals surface area contributed by atoms with E-state index in [1.54, 1.807) is 5.51 Å². The summed E-state index contributed by atoms with van der Waals surface area (Å²) in [6.45, 7) is 0. The van der Waals surface area contributed by atoms with E-state index in [2.05, 4.69) is 10.2 Å². The fourth-order valence-corrected chi connectivity index (χ4v) is 1.90. The van der Waals surface area contributed by atoms with E-state index in [9.17, 15) is 0 Å². The molecule has 2 N–H and O–H groups in total. The molecule has 4 nitrogen and oxygen atoms in total. The number of rotatable bonds is 2. The van der Waals surface area contributed by atoms with Gasteiger partial charge in [-0.1, -0.05) is 11.3 Å². The Kier molecular flexibility index (Phi) is 2.23. The minimum absolute atomic E-state index is 0.151. The zero-order chi connectivity index (χ0) is 8.39. The van der Waals surface area contributed by atoms with Crippen molar-refractivity contribution in [2.45, 2.75) is 31.4 Å². The summed E-state index contributed by atoms with van der Waals surface area (Å²) in [6, 6.07) is 0.175. The molecule has 2 rings (SSSR count). The van der Waals surface area contributed by atoms with Crippen LogP contribution in [0.25, 0.3) is 0 Å². The minimum Gasteiger partial charge on any atom is -0.464 e. The van der Waals surface area contributed by atoms with Crippen LogP contribution >= 0.6 is 11.3 Å². The molecule has 5 heteroatoms. The smallest absolute Gasteiger partial charge is 0.294 e. The molecule has 0 amide bonds. The maximum Gasteiger partial charge on any atom is 0.294 e. The Bertz CT molecular complexity index is 239. The minimum atomic E-state index is 0.151. The van der Waals surface area contributed by atoms with Crippen LogP contribution < -0.4 is 10.5 Å². The van der Waals surface area contributed by atoms with Gasteiger partial charge in [0, 0.05) is 6.04 Å². The second-order valence-corrected chi connectivity index (χ2v) is 3.75. The number of hydrogen-bond acceptors (Lipinski definition) is 5. The average Bonchev–Trinajstić information content (AvgIpc) is 2.65. The van der Waals surface area contributed by atoms with Crippen molar-refractivity contribution in [3.8, 4) is 5.19 Å². The quantitative estimate of drug-likeness (QED) is 0.740. The number of ether oxygens (including phenoxy) is 1. The number of nitrogens with zero attached hydrogens (tertiary/aromatic N) is 2. The van der Waals surface area contributed by atoms with Crippen molar-refractivity contribution in [1.82, 2.24) is 10.2 Å². The van der Waals surface area contributed by atoms with Gasteiger partial charge in [-0.3, -0.25) is 0 Å². The Hall–Kier alpha value is -0.680. The molecule has 1 fully saturated rings. The zero-order valence-corrected chi connectivity index (χ0v) is 7.46. The highest BCUT2D eigenvalue weighted by molar-refractivity contribution is 7.11. The lowest BCUT2D eigenvalue weighted by Gasteiger charge is -2.14. The Morgan fingerprint density at radius 2 is 2.50 bits per heavy atom. The van der Waals surface area contributed by atoms with Crippen molar-refractivity contribution >= 4 is 11.3 Å². The van der Waals surface area contributed by atoms with Crippen LogP contribution in [0.3, 0.4) is 0 Å². The third-order valence-corrected chi connectivity index (χ3v) is 2.68. The first-order chi connectivity index (χ1) is 5.86. The number of nitrogens with two attached hydrogens (primary N) is 1. The topological polar surface area (TPSA) is 61.0 Å². The second-order valence-electron chi connectivity index (χ2n) is 2.96. The first-order valence-electron chi connectivity index (χ1n) is 4.04. The number of aromatic nitrogens is 2. The second kappa shape index (κ2) is 3.37. The summed E-state index contributed by atoms with van der Waals surface area (Å²) in [7, 11) is 0. The molecule has 0 radical (unpaired) electrons. The Labute approximate surface area is 74.8 Å². The first kappa shape index (κ1) is 7.94. The molecule has 1 saturated carbocycles. The van der Waals surface area contributed by atoms with Gasteiger partial charge < -0.3 is 10.5 Å². The monoisotopic (exact) mass is 185 g/mol. The summed E-state index contributed by atoms with van der Waals surface area (Å²) < 4.78 is 5.55. The van der Waals surface area contributed by atoms with Crippen molar-refractivity contribution in [2.75, 3.05) is 0 Å². The van der Waals surface area contributed by atoms with E-state index in [4.69, 9.17) is 10.5 Å². The molecule has 1 aliphatic carbocycles. The van der Waals surface area contributed by atoms with E-state index in [0.29, 0.717) is 5.19 Å². The Balaban J connectivity index is 1.95. The molecular weight excluding hydrogens is 174 g/mol. The van der Waals surface area contributed by atoms with Gasteiger partial charge in [0.2, 0.25) is 0 Å². The molecule has 2 atom stereocenters. The number of hydrogen-bond donors (Lipinski definition) is 1. The summed E-state index contributed by atoms with van der Waals surface area (Å²) in [4.78, 5) is 0. The van der Waals surface area contributed by atoms with Crippen LogP contribution in [0.1, 0.15) is 19.3 Å². The van der Waals surface area contributed by atoms with Gasteiger partial charge >= 0.3 is 0 Å². The lowest BCUT2D eigenvalue weighted by molar-refractivity contribution is 0.189. The lowest BCUT2D eigenvalue weighted by Crippen LogP contribution is -2.33. The summed E-state index contributed by atoms with van der Waals surface area (Å²) in [5, 5.41) is 8.13. The summed E-state index contributed by atoms with van der Waals surface area (Å²) in [5.41, 5.74) is 7.49. The normalized spacial score (nSPS) is 29.1. The van der Waals surface area contributed by atoms with Crippen molar-refractivity contribution in [3.63, 3.8) is 0 Å². The van der Waals surface area contributed by atoms with Crippen LogP contribution in [0.15, 0.2) is 5.51 Å². The molecule has 66 valence electrons. The van der Waals surface area contributed by atoms with E-state index in [1.807, 2.05) is 0 Å². The van der Waals surface area contributed by atoms with E-state index in [1.165, 1.54) is 11.3 Å². The predicted molar refractivity (Wildman–Crippen MR) is 46.2 cm³/mol. The van der Waals surface area contributed by atoms with Crippen LogP contribution in [0, 0.1) is 0 Å². The standard InChI is InChI=1S/C7H11N3OS/c8-5-2-1-3-6(5)11-7-10-9-4-12-7/h4-6H,1-3,8H2. The Morgan fingerprint density at radius 3 is 3.08 bits per heavy atom. The highest BCUT2D eigenvalue weighted by Gasteiger charge is 2.26. The average molecular weight is 185 g/mol. The molecule has 1 aromatic rings. The van der Waals surface area contributed by atoms with Crippen LogP contribution in [0.2, 0.25) is 0 Å². The van der Waals surface area contributed by atoms with Gasteiger partial charge in [-0.05, 0) is 19.3 Å². The van der Waals surface area contributed by atoms with Crippen molar-refractivity contribution in [1.29, 1.82) is 0 Å². The third-order valence-electron chi connectivity index (χ3n) is 2.10. The van der Waals surface area contributed by atoms with Gasteiger partial charge in [0.1, 0.15) is 11.6 Å². The van der Waals surface area contributed by atoms with Gasteiger partial charge in [0.05, 0.1) is 0 Å². The van der Waals surface area contributed by atoms with E-state index < -0.39 is 0 Å². The van der Waals surface area contributed by atoms with Gasteiger partial charge in [-0.2, -0.15) is 0 Å². The fourth-order valence-electron chi connectivity index (χ4n) is 1.44. The lowest BCUT2D eigenvalue weighted by atomic mass is 10.2. The van der Waals surface area contributed by atoms with Crippen LogP contribution in [-0.2, 0) is 0 Å². The van der Waals surface area contributed by atoms with E-state index in [0.717, 1.165) is 19.3 Å². The van der Waals surface area contributed by atoms with E-state index in [-0.39, 0.29) is 12.1 Å². The molecule has 0 aliphatic heterocycles. The SMILES string of the molecule is NC1CCCC1Oc1nncs1. The van der Waals surface area contributed by atoms with E-state index >= 15 is 0 Å². The van der Waals surface area contributed by atoms with Gasteiger partial charge in [0.25, 0.3) is 5.19 Å². The molecule has 2 unspecified atom stereocenters. The molecule has 1 heterocycles. The summed E-state index contributed by atoms with van der Waals surface area (Å²) in [5.74, 6) is 0. The Morgan fingerprint density at radius 1 is 1.58 bits per heavy atom. The molecule has 0 aromatic carbocycles. The fraction of sp³-hybridized carbons (Fsp3) is 0.714. The first-order valence-corrected chi connectivity index (χ1v) is 4.92. The zero-order valence-electron chi connectivity index (χ0n) is 6.64. The molecule has 0 saturated heterocycles. The molecule has 1 aromatic heterocycles. The molecule has 0 bridgehead atoms. The molecular formula is C7H11N3OS. The van der Waals surface area contributed by atoms with Crippen molar-refractivity contribution in [2.24, 2.45) is 5.73 Å². The van der Waals surface area contributed by atoms with Crippen molar-refractivity contribution < 1.29 is 4.74 Å². The predicted octanol–water partition coefficient (Wildman–Crippen LogP) is 0.797. The van der Waals surface area contributed by atoms with Crippen LogP contribution in [0.5, 0.6) is 5.19 Å². The summed E-state index contributed by atoms with van der Waals surface area (Å²) >= 11 is 1.41. The molecule has 12 heavy (non-hydrogen) atoms. The maximum atomic E-state index is 5.83. The van der Waals surface area contributed by atoms with Crippen LogP contribution in [0.4, 0.5) is 0 Å². The largest absolute Gasteiger partial charge is 0.464 e.